The van der Waals surface area contributed by atoms with Crippen LogP contribution in [-0.2, 0) is 11.2 Å². The molecule has 0 aliphatic rings. The fourth-order valence-electron chi connectivity index (χ4n) is 2.78. The third-order valence-corrected chi connectivity index (χ3v) is 5.15. The molecule has 2 aromatic rings. The maximum absolute atomic E-state index is 12.2. The largest absolute Gasteiger partial charge is 0.494 e. The molecule has 0 atom stereocenters. The molecule has 27 heavy (non-hydrogen) atoms. The van der Waals surface area contributed by atoms with Gasteiger partial charge in [-0.15, -0.1) is 0 Å². The summed E-state index contributed by atoms with van der Waals surface area (Å²) in [5.74, 6) is 1.38. The molecule has 0 bridgehead atoms. The van der Waals surface area contributed by atoms with Gasteiger partial charge in [-0.1, -0.05) is 45.4 Å². The summed E-state index contributed by atoms with van der Waals surface area (Å²) >= 11 is 3.56. The van der Waals surface area contributed by atoms with E-state index in [0.29, 0.717) is 25.4 Å². The molecule has 0 aliphatic carbocycles. The topological polar surface area (TPSA) is 38.3 Å². The van der Waals surface area contributed by atoms with Gasteiger partial charge in [0, 0.05) is 10.9 Å². The molecule has 0 fully saturated rings. The molecule has 146 valence electrons. The molecule has 2 rings (SSSR count). The maximum Gasteiger partial charge on any atom is 0.224 e. The van der Waals surface area contributed by atoms with Crippen LogP contribution in [0.5, 0.6) is 5.75 Å². The molecule has 0 heterocycles. The van der Waals surface area contributed by atoms with E-state index < -0.39 is 0 Å². The predicted octanol–water partition coefficient (Wildman–Crippen LogP) is 6.71. The highest BCUT2D eigenvalue weighted by Gasteiger charge is 2.07. The first-order chi connectivity index (χ1) is 13.0. The number of amides is 1. The Labute approximate surface area is 171 Å². The van der Waals surface area contributed by atoms with Crippen molar-refractivity contribution in [2.45, 2.75) is 58.8 Å². The first-order valence-electron chi connectivity index (χ1n) is 9.80. The minimum Gasteiger partial charge on any atom is -0.494 e. The summed E-state index contributed by atoms with van der Waals surface area (Å²) < 4.78 is 6.67. The van der Waals surface area contributed by atoms with Crippen LogP contribution in [0.1, 0.15) is 63.5 Å². The highest BCUT2D eigenvalue weighted by atomic mass is 79.9. The van der Waals surface area contributed by atoms with Gasteiger partial charge in [-0.2, -0.15) is 0 Å². The Hall–Kier alpha value is -1.81. The number of carbonyl (C=O) groups is 1. The molecule has 3 nitrogen and oxygen atoms in total. The summed E-state index contributed by atoms with van der Waals surface area (Å²) in [6.07, 6.45) is 4.55. The Morgan fingerprint density at radius 3 is 2.48 bits per heavy atom. The van der Waals surface area contributed by atoms with Gasteiger partial charge in [0.2, 0.25) is 5.91 Å². The Morgan fingerprint density at radius 1 is 1.11 bits per heavy atom. The predicted molar refractivity (Wildman–Crippen MR) is 117 cm³/mol. The van der Waals surface area contributed by atoms with Crippen molar-refractivity contribution in [3.05, 3.63) is 58.1 Å². The van der Waals surface area contributed by atoms with Gasteiger partial charge in [0.25, 0.3) is 0 Å². The zero-order valence-electron chi connectivity index (χ0n) is 16.6. The quantitative estimate of drug-likeness (QED) is 0.424. The Bertz CT molecular complexity index is 726. The summed E-state index contributed by atoms with van der Waals surface area (Å²) in [6.45, 7) is 7.07. The van der Waals surface area contributed by atoms with Crippen molar-refractivity contribution in [1.82, 2.24) is 0 Å². The van der Waals surface area contributed by atoms with Gasteiger partial charge in [-0.25, -0.2) is 0 Å². The van der Waals surface area contributed by atoms with E-state index >= 15 is 0 Å². The van der Waals surface area contributed by atoms with Gasteiger partial charge >= 0.3 is 0 Å². The second-order valence-corrected chi connectivity index (χ2v) is 8.00. The number of carbonyl (C=O) groups excluding carboxylic acids is 1. The van der Waals surface area contributed by atoms with Crippen LogP contribution in [0.25, 0.3) is 0 Å². The van der Waals surface area contributed by atoms with Crippen molar-refractivity contribution in [2.24, 2.45) is 0 Å². The molecule has 0 spiro atoms. The summed E-state index contributed by atoms with van der Waals surface area (Å²) in [5, 5.41) is 2.97. The molecule has 0 saturated carbocycles. The lowest BCUT2D eigenvalue weighted by molar-refractivity contribution is -0.116. The van der Waals surface area contributed by atoms with Crippen molar-refractivity contribution in [2.75, 3.05) is 11.9 Å². The molecular weight excluding hydrogens is 402 g/mol. The monoisotopic (exact) mass is 431 g/mol. The number of nitrogens with one attached hydrogen (secondary N) is 1. The van der Waals surface area contributed by atoms with E-state index in [4.69, 9.17) is 4.74 Å². The van der Waals surface area contributed by atoms with Crippen molar-refractivity contribution in [1.29, 1.82) is 0 Å². The van der Waals surface area contributed by atoms with Crippen LogP contribution >= 0.6 is 15.9 Å². The van der Waals surface area contributed by atoms with E-state index in [9.17, 15) is 4.79 Å². The number of ether oxygens (including phenoxy) is 1. The van der Waals surface area contributed by atoms with Gasteiger partial charge in [0.15, 0.2) is 0 Å². The van der Waals surface area contributed by atoms with Crippen LogP contribution in [0.15, 0.2) is 46.9 Å². The number of benzene rings is 2. The fraction of sp³-hybridized carbons (Fsp3) is 0.435. The SMILES string of the molecule is CCCCc1ccc(NC(=O)CCCOc2ccc(C(C)C)cc2)c(Br)c1. The lowest BCUT2D eigenvalue weighted by Crippen LogP contribution is -2.13. The highest BCUT2D eigenvalue weighted by molar-refractivity contribution is 9.10. The average molecular weight is 432 g/mol. The van der Waals surface area contributed by atoms with E-state index in [2.05, 4.69) is 66.3 Å². The van der Waals surface area contributed by atoms with E-state index in [1.54, 1.807) is 0 Å². The first kappa shape index (κ1) is 21.5. The molecule has 0 unspecified atom stereocenters. The molecule has 1 amide bonds. The van der Waals surface area contributed by atoms with Crippen molar-refractivity contribution in [3.63, 3.8) is 0 Å². The van der Waals surface area contributed by atoms with Crippen LogP contribution in [-0.4, -0.2) is 12.5 Å². The second-order valence-electron chi connectivity index (χ2n) is 7.14. The number of aryl methyl sites for hydroxylation is 1. The Kier molecular flexibility index (Phi) is 8.86. The summed E-state index contributed by atoms with van der Waals surface area (Å²) in [5.41, 5.74) is 3.41. The van der Waals surface area contributed by atoms with E-state index in [1.165, 1.54) is 24.0 Å². The van der Waals surface area contributed by atoms with Gasteiger partial charge in [-0.3, -0.25) is 4.79 Å². The molecule has 0 aromatic heterocycles. The Morgan fingerprint density at radius 2 is 1.85 bits per heavy atom. The lowest BCUT2D eigenvalue weighted by Gasteiger charge is -2.10. The van der Waals surface area contributed by atoms with E-state index in [-0.39, 0.29) is 5.91 Å². The third-order valence-electron chi connectivity index (χ3n) is 4.49. The average Bonchev–Trinajstić information content (AvgIpc) is 2.66. The third kappa shape index (κ3) is 7.37. The van der Waals surface area contributed by atoms with Crippen LogP contribution in [0.3, 0.4) is 0 Å². The number of hydrogen-bond acceptors (Lipinski definition) is 2. The van der Waals surface area contributed by atoms with Crippen LogP contribution in [0, 0.1) is 0 Å². The van der Waals surface area contributed by atoms with E-state index in [0.717, 1.165) is 22.3 Å². The number of anilines is 1. The zero-order valence-corrected chi connectivity index (χ0v) is 18.1. The second kappa shape index (κ2) is 11.1. The molecule has 0 aliphatic heterocycles. The number of rotatable bonds is 10. The van der Waals surface area contributed by atoms with Crippen molar-refractivity contribution < 1.29 is 9.53 Å². The van der Waals surface area contributed by atoms with Crippen molar-refractivity contribution in [3.8, 4) is 5.75 Å². The molecule has 0 radical (unpaired) electrons. The first-order valence-corrected chi connectivity index (χ1v) is 10.6. The van der Waals surface area contributed by atoms with Crippen molar-refractivity contribution >= 4 is 27.5 Å². The summed E-state index contributed by atoms with van der Waals surface area (Å²) in [6, 6.07) is 14.3. The smallest absolute Gasteiger partial charge is 0.224 e. The highest BCUT2D eigenvalue weighted by Crippen LogP contribution is 2.25. The molecular formula is C23H30BrNO2. The van der Waals surface area contributed by atoms with Gasteiger partial charge in [0.05, 0.1) is 12.3 Å². The van der Waals surface area contributed by atoms with Crippen LogP contribution < -0.4 is 10.1 Å². The lowest BCUT2D eigenvalue weighted by atomic mass is 10.0. The minimum atomic E-state index is 0.00997. The summed E-state index contributed by atoms with van der Waals surface area (Å²) in [7, 11) is 0. The number of hydrogen-bond donors (Lipinski definition) is 1. The molecule has 4 heteroatoms. The minimum absolute atomic E-state index is 0.00997. The van der Waals surface area contributed by atoms with Crippen LogP contribution in [0.2, 0.25) is 0 Å². The number of unbranched alkanes of at least 4 members (excludes halogenated alkanes) is 1. The fourth-order valence-corrected chi connectivity index (χ4v) is 3.31. The summed E-state index contributed by atoms with van der Waals surface area (Å²) in [4.78, 5) is 12.2. The normalized spacial score (nSPS) is 10.9. The van der Waals surface area contributed by atoms with Crippen LogP contribution in [0.4, 0.5) is 5.69 Å². The van der Waals surface area contributed by atoms with E-state index in [1.807, 2.05) is 18.2 Å². The zero-order chi connectivity index (χ0) is 19.6. The Balaban J connectivity index is 1.73. The number of halogens is 1. The molecule has 2 aromatic carbocycles. The van der Waals surface area contributed by atoms with Gasteiger partial charge in [-0.05, 0) is 76.5 Å². The molecule has 1 N–H and O–H groups in total. The van der Waals surface area contributed by atoms with Gasteiger partial charge in [0.1, 0.15) is 5.75 Å². The standard InChI is InChI=1S/C23H30BrNO2/c1-4-5-7-18-9-14-22(21(24)16-18)25-23(26)8-6-15-27-20-12-10-19(11-13-20)17(2)3/h9-14,16-17H,4-8,15H2,1-3H3,(H,25,26). The molecule has 0 saturated heterocycles. The van der Waals surface area contributed by atoms with Gasteiger partial charge < -0.3 is 10.1 Å². The maximum atomic E-state index is 12.2.